The van der Waals surface area contributed by atoms with Crippen molar-refractivity contribution in [1.29, 1.82) is 0 Å². The fraction of sp³-hybridized carbons (Fsp3) is 0.444. The van der Waals surface area contributed by atoms with E-state index in [-0.39, 0.29) is 53.9 Å². The minimum Gasteiger partial charge on any atom is -0.497 e. The molecule has 0 unspecified atom stereocenters. The van der Waals surface area contributed by atoms with Gasteiger partial charge in [0.15, 0.2) is 0 Å². The summed E-state index contributed by atoms with van der Waals surface area (Å²) < 4.78 is 46.8. The highest BCUT2D eigenvalue weighted by atomic mass is 32.2. The molecule has 0 spiro atoms. The molecule has 266 valence electrons. The number of amides is 3. The molecule has 4 rings (SSSR count). The minimum atomic E-state index is -4.00. The minimum absolute atomic E-state index is 0.0300. The van der Waals surface area contributed by atoms with Gasteiger partial charge in [0.1, 0.15) is 11.5 Å². The highest BCUT2D eigenvalue weighted by Gasteiger charge is 2.31. The van der Waals surface area contributed by atoms with Crippen molar-refractivity contribution in [2.75, 3.05) is 50.5 Å². The third-order valence-corrected chi connectivity index (χ3v) is 9.90. The van der Waals surface area contributed by atoms with Gasteiger partial charge in [0.25, 0.3) is 15.9 Å². The van der Waals surface area contributed by atoms with Crippen LogP contribution in [-0.4, -0.2) is 94.0 Å². The molecule has 3 aromatic carbocycles. The Kier molecular flexibility index (Phi) is 13.3. The first kappa shape index (κ1) is 37.5. The first-order chi connectivity index (χ1) is 23.4. The van der Waals surface area contributed by atoms with E-state index in [9.17, 15) is 23.1 Å². The first-order valence-corrected chi connectivity index (χ1v) is 18.0. The molecular formula is C36H48N4O8S. The van der Waals surface area contributed by atoms with Crippen LogP contribution in [-0.2, 0) is 14.8 Å². The molecule has 12 nitrogen and oxygen atoms in total. The molecule has 1 heterocycles. The Bertz CT molecular complexity index is 1640. The smallest absolute Gasteiger partial charge is 0.321 e. The number of rotatable bonds is 9. The number of likely N-dealkylation sites (N-methyl/N-ethyl adjacent to an activating group) is 1. The topological polar surface area (TPSA) is 147 Å². The lowest BCUT2D eigenvalue weighted by Crippen LogP contribution is -2.48. The number of ether oxygens (including phenoxy) is 3. The largest absolute Gasteiger partial charge is 0.497 e. The maximum absolute atomic E-state index is 14.4. The zero-order chi connectivity index (χ0) is 35.6. The fourth-order valence-corrected chi connectivity index (χ4v) is 6.56. The third kappa shape index (κ3) is 10.3. The van der Waals surface area contributed by atoms with Crippen molar-refractivity contribution in [1.82, 2.24) is 9.80 Å². The van der Waals surface area contributed by atoms with E-state index in [0.29, 0.717) is 30.2 Å². The van der Waals surface area contributed by atoms with Crippen LogP contribution < -0.4 is 19.5 Å². The summed E-state index contributed by atoms with van der Waals surface area (Å²) in [6.07, 6.45) is 1.60. The molecule has 1 aliphatic rings. The van der Waals surface area contributed by atoms with Gasteiger partial charge in [-0.2, -0.15) is 0 Å². The van der Waals surface area contributed by atoms with Crippen LogP contribution in [0.1, 0.15) is 50.4 Å². The summed E-state index contributed by atoms with van der Waals surface area (Å²) in [6.45, 7) is 6.22. The molecule has 3 N–H and O–H groups in total. The van der Waals surface area contributed by atoms with Gasteiger partial charge in [-0.25, -0.2) is 13.2 Å². The van der Waals surface area contributed by atoms with Crippen LogP contribution in [0, 0.1) is 5.92 Å². The summed E-state index contributed by atoms with van der Waals surface area (Å²) in [7, 11) is -0.803. The molecule has 3 amide bonds. The lowest BCUT2D eigenvalue weighted by Gasteiger charge is -2.35. The lowest BCUT2D eigenvalue weighted by atomic mass is 10.0. The second kappa shape index (κ2) is 17.4. The molecule has 0 fully saturated rings. The van der Waals surface area contributed by atoms with Crippen molar-refractivity contribution >= 4 is 33.3 Å². The van der Waals surface area contributed by atoms with Crippen molar-refractivity contribution in [3.8, 4) is 11.5 Å². The number of aliphatic hydroxyl groups excluding tert-OH is 1. The number of benzene rings is 3. The third-order valence-electron chi connectivity index (χ3n) is 8.50. The number of hydrogen-bond donors (Lipinski definition) is 3. The van der Waals surface area contributed by atoms with Gasteiger partial charge in [0.2, 0.25) is 0 Å². The summed E-state index contributed by atoms with van der Waals surface area (Å²) >= 11 is 0. The van der Waals surface area contributed by atoms with Gasteiger partial charge in [0.05, 0.1) is 42.4 Å². The molecule has 0 aromatic heterocycles. The molecule has 0 aliphatic carbocycles. The Morgan fingerprint density at radius 2 is 1.78 bits per heavy atom. The van der Waals surface area contributed by atoms with Gasteiger partial charge in [0, 0.05) is 44.0 Å². The van der Waals surface area contributed by atoms with Gasteiger partial charge >= 0.3 is 6.03 Å². The van der Waals surface area contributed by atoms with Gasteiger partial charge in [-0.3, -0.25) is 9.52 Å². The Balaban J connectivity index is 1.63. The summed E-state index contributed by atoms with van der Waals surface area (Å²) in [4.78, 5) is 30.6. The molecule has 0 saturated carbocycles. The van der Waals surface area contributed by atoms with E-state index in [1.165, 1.54) is 25.3 Å². The average Bonchev–Trinajstić information content (AvgIpc) is 3.09. The number of urea groups is 1. The Morgan fingerprint density at radius 1 is 1.06 bits per heavy atom. The monoisotopic (exact) mass is 696 g/mol. The number of nitrogens with zero attached hydrogens (tertiary/aromatic N) is 2. The van der Waals surface area contributed by atoms with Crippen LogP contribution in [0.25, 0.3) is 0 Å². The van der Waals surface area contributed by atoms with E-state index < -0.39 is 28.1 Å². The van der Waals surface area contributed by atoms with E-state index in [1.807, 2.05) is 44.2 Å². The maximum atomic E-state index is 14.4. The average molecular weight is 697 g/mol. The highest BCUT2D eigenvalue weighted by Crippen LogP contribution is 2.30. The predicted molar refractivity (Wildman–Crippen MR) is 189 cm³/mol. The summed E-state index contributed by atoms with van der Waals surface area (Å²) in [5.74, 6) is 0.138. The van der Waals surface area contributed by atoms with Crippen molar-refractivity contribution in [3.63, 3.8) is 0 Å². The van der Waals surface area contributed by atoms with Crippen LogP contribution in [0.3, 0.4) is 0 Å². The number of hydrogen-bond acceptors (Lipinski definition) is 8. The zero-order valence-corrected chi connectivity index (χ0v) is 29.6. The quantitative estimate of drug-likeness (QED) is 0.268. The summed E-state index contributed by atoms with van der Waals surface area (Å²) in [6, 6.07) is 18.9. The van der Waals surface area contributed by atoms with Gasteiger partial charge in [-0.05, 0) is 87.7 Å². The predicted octanol–water partition coefficient (Wildman–Crippen LogP) is 5.46. The number of carbonyl (C=O) groups excluding carboxylic acids is 2. The molecule has 0 bridgehead atoms. The van der Waals surface area contributed by atoms with Crippen LogP contribution in [0.15, 0.2) is 77.7 Å². The molecule has 49 heavy (non-hydrogen) atoms. The highest BCUT2D eigenvalue weighted by molar-refractivity contribution is 7.92. The van der Waals surface area contributed by atoms with Gasteiger partial charge in [-0.15, -0.1) is 0 Å². The van der Waals surface area contributed by atoms with Crippen molar-refractivity contribution in [3.05, 3.63) is 78.4 Å². The Morgan fingerprint density at radius 3 is 2.45 bits per heavy atom. The Labute approximate surface area is 289 Å². The van der Waals surface area contributed by atoms with E-state index in [0.717, 1.165) is 12.8 Å². The fourth-order valence-electron chi connectivity index (χ4n) is 5.51. The van der Waals surface area contributed by atoms with Crippen LogP contribution in [0.5, 0.6) is 11.5 Å². The van der Waals surface area contributed by atoms with E-state index >= 15 is 0 Å². The number of nitrogens with one attached hydrogen (secondary N) is 2. The van der Waals surface area contributed by atoms with Gasteiger partial charge in [-0.1, -0.05) is 25.1 Å². The molecule has 0 saturated heterocycles. The number of methoxy groups -OCH3 is 1. The first-order valence-electron chi connectivity index (χ1n) is 16.5. The van der Waals surface area contributed by atoms with Crippen LogP contribution in [0.2, 0.25) is 0 Å². The SMILES string of the molecule is COc1ccc(S(=O)(=O)Nc2ccc3c(c2)C(=O)N([C@@H](C)CO)C[C@H](C)[C@@H](CN(C)C(=O)Nc2ccccc2)OCCCC[C@H](C)O3)cc1. The van der Waals surface area contributed by atoms with Gasteiger partial charge < -0.3 is 34.4 Å². The zero-order valence-electron chi connectivity index (χ0n) is 28.8. The van der Waals surface area contributed by atoms with Crippen LogP contribution in [0.4, 0.5) is 16.2 Å². The number of sulfonamides is 1. The number of aliphatic hydroxyl groups is 1. The molecule has 4 atom stereocenters. The number of carbonyl (C=O) groups is 2. The normalized spacial score (nSPS) is 19.8. The molecular weight excluding hydrogens is 648 g/mol. The maximum Gasteiger partial charge on any atom is 0.321 e. The second-order valence-electron chi connectivity index (χ2n) is 12.5. The number of para-hydroxylation sites is 1. The standard InChI is InChI=1S/C36H48N4O8S/c1-25-22-40(26(2)24-41)35(42)32-21-29(38-49(44,45)31-17-15-30(46-5)16-18-31)14-19-33(32)48-27(3)11-9-10-20-47-34(25)23-39(4)36(43)37-28-12-7-6-8-13-28/h6-8,12-19,21,25-27,34,38,41H,9-11,20,22-24H2,1-5H3,(H,37,43)/t25-,26-,27-,34+/m0/s1. The van der Waals surface area contributed by atoms with Crippen molar-refractivity contribution < 1.29 is 37.3 Å². The second-order valence-corrected chi connectivity index (χ2v) is 14.2. The molecule has 13 heteroatoms. The molecule has 3 aromatic rings. The van der Waals surface area contributed by atoms with Crippen molar-refractivity contribution in [2.45, 2.75) is 63.2 Å². The van der Waals surface area contributed by atoms with Crippen LogP contribution >= 0.6 is 0 Å². The number of anilines is 2. The summed E-state index contributed by atoms with van der Waals surface area (Å²) in [5.41, 5.74) is 1.01. The lowest BCUT2D eigenvalue weighted by molar-refractivity contribution is -0.0115. The Hall–Kier alpha value is -4.33. The molecule has 0 radical (unpaired) electrons. The van der Waals surface area contributed by atoms with E-state index in [2.05, 4.69) is 10.0 Å². The van der Waals surface area contributed by atoms with E-state index in [1.54, 1.807) is 48.0 Å². The number of fused-ring (bicyclic) bond motifs is 1. The van der Waals surface area contributed by atoms with E-state index in [4.69, 9.17) is 14.2 Å². The molecule has 1 aliphatic heterocycles. The summed E-state index contributed by atoms with van der Waals surface area (Å²) in [5, 5.41) is 13.1. The van der Waals surface area contributed by atoms with Crippen molar-refractivity contribution in [2.24, 2.45) is 5.92 Å².